The number of amides is 2. The number of hydrogen-bond donors (Lipinski definition) is 2. The van der Waals surface area contributed by atoms with E-state index in [1.54, 1.807) is 36.7 Å². The fraction of sp³-hybridized carbons (Fsp3) is 0.281. The van der Waals surface area contributed by atoms with Gasteiger partial charge in [0.05, 0.1) is 30.4 Å². The van der Waals surface area contributed by atoms with Crippen molar-refractivity contribution in [3.63, 3.8) is 0 Å². The number of rotatable bonds is 10. The van der Waals surface area contributed by atoms with Gasteiger partial charge >= 0.3 is 6.03 Å². The predicted octanol–water partition coefficient (Wildman–Crippen LogP) is 5.65. The highest BCUT2D eigenvalue weighted by molar-refractivity contribution is 7.92. The zero-order valence-corrected chi connectivity index (χ0v) is 25.1. The van der Waals surface area contributed by atoms with E-state index in [9.17, 15) is 13.2 Å². The van der Waals surface area contributed by atoms with Gasteiger partial charge in [-0.1, -0.05) is 18.2 Å². The minimum Gasteiger partial charge on any atom is -0.457 e. The third kappa shape index (κ3) is 9.00. The first-order valence-corrected chi connectivity index (χ1v) is 16.1. The van der Waals surface area contributed by atoms with Crippen LogP contribution in [0.15, 0.2) is 91.3 Å². The third-order valence-electron chi connectivity index (χ3n) is 7.20. The monoisotopic (exact) mass is 600 g/mol. The lowest BCUT2D eigenvalue weighted by molar-refractivity contribution is 0.119. The predicted molar refractivity (Wildman–Crippen MR) is 167 cm³/mol. The molecule has 2 amide bonds. The van der Waals surface area contributed by atoms with Crippen LogP contribution in [-0.4, -0.2) is 59.6 Å². The van der Waals surface area contributed by atoms with Crippen molar-refractivity contribution < 1.29 is 17.9 Å². The summed E-state index contributed by atoms with van der Waals surface area (Å²) in [4.78, 5) is 26.5. The van der Waals surface area contributed by atoms with Gasteiger partial charge in [-0.3, -0.25) is 19.6 Å². The summed E-state index contributed by atoms with van der Waals surface area (Å²) in [6, 6.07) is 24.2. The largest absolute Gasteiger partial charge is 0.457 e. The first kappa shape index (κ1) is 30.0. The van der Waals surface area contributed by atoms with Gasteiger partial charge in [0.2, 0.25) is 10.0 Å². The quantitative estimate of drug-likeness (QED) is 0.242. The van der Waals surface area contributed by atoms with Crippen molar-refractivity contribution in [1.29, 1.82) is 0 Å². The molecule has 2 N–H and O–H groups in total. The Kier molecular flexibility index (Phi) is 9.53. The lowest BCUT2D eigenvalue weighted by Gasteiger charge is -2.38. The van der Waals surface area contributed by atoms with Crippen molar-refractivity contribution in [3.05, 3.63) is 108 Å². The highest BCUT2D eigenvalue weighted by Crippen LogP contribution is 2.25. The van der Waals surface area contributed by atoms with E-state index >= 15 is 0 Å². The minimum absolute atomic E-state index is 0.0893. The second-order valence-electron chi connectivity index (χ2n) is 10.7. The van der Waals surface area contributed by atoms with Gasteiger partial charge in [0.1, 0.15) is 11.5 Å². The molecule has 224 valence electrons. The number of likely N-dealkylation sites (tertiary alicyclic amines) is 1. The summed E-state index contributed by atoms with van der Waals surface area (Å²) in [5.74, 6) is 1.32. The molecule has 4 aromatic rings. The Hall–Kier alpha value is -4.48. The van der Waals surface area contributed by atoms with Gasteiger partial charge in [0, 0.05) is 43.3 Å². The average molecular weight is 601 g/mol. The molecule has 11 heteroatoms. The van der Waals surface area contributed by atoms with Crippen LogP contribution in [0, 0.1) is 6.92 Å². The molecular weight excluding hydrogens is 564 g/mol. The van der Waals surface area contributed by atoms with E-state index in [2.05, 4.69) is 37.0 Å². The van der Waals surface area contributed by atoms with E-state index in [0.29, 0.717) is 29.4 Å². The molecule has 2 aromatic heterocycles. The number of carbonyl (C=O) groups is 1. The number of sulfonamides is 1. The second kappa shape index (κ2) is 13.7. The van der Waals surface area contributed by atoms with E-state index in [1.165, 1.54) is 5.56 Å². The maximum atomic E-state index is 13.4. The molecule has 2 aromatic carbocycles. The normalized spacial score (nSPS) is 14.2. The van der Waals surface area contributed by atoms with Gasteiger partial charge in [-0.05, 0) is 86.0 Å². The first-order valence-electron chi connectivity index (χ1n) is 14.2. The van der Waals surface area contributed by atoms with E-state index in [0.717, 1.165) is 50.1 Å². The maximum Gasteiger partial charge on any atom is 0.322 e. The number of ether oxygens (including phenoxy) is 1. The number of anilines is 2. The Morgan fingerprint density at radius 2 is 1.60 bits per heavy atom. The van der Waals surface area contributed by atoms with Gasteiger partial charge in [-0.25, -0.2) is 13.2 Å². The standard InChI is InChI=1S/C32H36N6O4S/c1-24-6-9-27(21-34-24)35-32(39)38(23-28-5-3-4-18-33-28)29-16-19-37(20-17-29)22-25-7-12-30(13-8-25)42-31-14-10-26(11-15-31)36-43(2,40)41/h3-15,18,21,29,36H,16-17,19-20,22-23H2,1-2H3,(H,35,39). The summed E-state index contributed by atoms with van der Waals surface area (Å²) in [6.45, 7) is 4.90. The fourth-order valence-corrected chi connectivity index (χ4v) is 5.59. The lowest BCUT2D eigenvalue weighted by atomic mass is 10.0. The van der Waals surface area contributed by atoms with Gasteiger partial charge in [0.25, 0.3) is 0 Å². The Balaban J connectivity index is 1.15. The van der Waals surface area contributed by atoms with E-state index in [-0.39, 0.29) is 12.1 Å². The van der Waals surface area contributed by atoms with Crippen LogP contribution >= 0.6 is 0 Å². The maximum absolute atomic E-state index is 13.4. The third-order valence-corrected chi connectivity index (χ3v) is 7.81. The molecule has 1 fully saturated rings. The van der Waals surface area contributed by atoms with Crippen molar-refractivity contribution in [3.8, 4) is 11.5 Å². The molecule has 0 radical (unpaired) electrons. The van der Waals surface area contributed by atoms with Gasteiger partial charge < -0.3 is 15.0 Å². The van der Waals surface area contributed by atoms with E-state index in [1.807, 2.05) is 54.3 Å². The molecule has 1 aliphatic rings. The van der Waals surface area contributed by atoms with Crippen LogP contribution in [-0.2, 0) is 23.1 Å². The molecule has 0 saturated carbocycles. The molecule has 10 nitrogen and oxygen atoms in total. The molecule has 1 saturated heterocycles. The molecular formula is C32H36N6O4S. The summed E-state index contributed by atoms with van der Waals surface area (Å²) in [6.07, 6.45) is 6.27. The zero-order chi connectivity index (χ0) is 30.2. The van der Waals surface area contributed by atoms with Crippen molar-refractivity contribution in [2.24, 2.45) is 0 Å². The molecule has 0 bridgehead atoms. The summed E-state index contributed by atoms with van der Waals surface area (Å²) in [5, 5.41) is 3.02. The van der Waals surface area contributed by atoms with Gasteiger partial charge in [-0.2, -0.15) is 0 Å². The number of nitrogens with zero attached hydrogens (tertiary/aromatic N) is 4. The van der Waals surface area contributed by atoms with Crippen molar-refractivity contribution in [1.82, 2.24) is 19.8 Å². The second-order valence-corrected chi connectivity index (χ2v) is 12.5. The molecule has 1 aliphatic heterocycles. The van der Waals surface area contributed by atoms with Gasteiger partial charge in [0.15, 0.2) is 0 Å². The average Bonchev–Trinajstić information content (AvgIpc) is 2.99. The van der Waals surface area contributed by atoms with E-state index < -0.39 is 10.0 Å². The van der Waals surface area contributed by atoms with Crippen LogP contribution in [0.1, 0.15) is 29.8 Å². The highest BCUT2D eigenvalue weighted by atomic mass is 32.2. The number of nitrogens with one attached hydrogen (secondary N) is 2. The molecule has 43 heavy (non-hydrogen) atoms. The Labute approximate surface area is 252 Å². The Morgan fingerprint density at radius 3 is 2.21 bits per heavy atom. The molecule has 5 rings (SSSR count). The summed E-state index contributed by atoms with van der Waals surface area (Å²) < 4.78 is 31.2. The number of aryl methyl sites for hydroxylation is 1. The topological polar surface area (TPSA) is 117 Å². The summed E-state index contributed by atoms with van der Waals surface area (Å²) in [7, 11) is -3.32. The molecule has 0 aliphatic carbocycles. The number of benzene rings is 2. The summed E-state index contributed by atoms with van der Waals surface area (Å²) >= 11 is 0. The number of aromatic nitrogens is 2. The minimum atomic E-state index is -3.32. The lowest BCUT2D eigenvalue weighted by Crippen LogP contribution is -2.48. The number of piperidine rings is 1. The Morgan fingerprint density at radius 1 is 0.930 bits per heavy atom. The zero-order valence-electron chi connectivity index (χ0n) is 24.3. The summed E-state index contributed by atoms with van der Waals surface area (Å²) in [5.41, 5.74) is 4.08. The smallest absolute Gasteiger partial charge is 0.322 e. The highest BCUT2D eigenvalue weighted by Gasteiger charge is 2.28. The van der Waals surface area contributed by atoms with Crippen LogP contribution < -0.4 is 14.8 Å². The molecule has 3 heterocycles. The Bertz CT molecular complexity index is 1590. The van der Waals surface area contributed by atoms with Gasteiger partial charge in [-0.15, -0.1) is 0 Å². The van der Waals surface area contributed by atoms with Crippen LogP contribution in [0.5, 0.6) is 11.5 Å². The number of pyridine rings is 2. The van der Waals surface area contributed by atoms with Crippen molar-refractivity contribution in [2.45, 2.75) is 38.9 Å². The van der Waals surface area contributed by atoms with Crippen LogP contribution in [0.2, 0.25) is 0 Å². The molecule has 0 spiro atoms. The SMILES string of the molecule is Cc1ccc(NC(=O)N(Cc2ccccn2)C2CCN(Cc3ccc(Oc4ccc(NS(C)(=O)=O)cc4)cc3)CC2)cn1. The first-order chi connectivity index (χ1) is 20.7. The van der Waals surface area contributed by atoms with Crippen molar-refractivity contribution >= 4 is 27.4 Å². The van der Waals surface area contributed by atoms with Crippen LogP contribution in [0.4, 0.5) is 16.2 Å². The fourth-order valence-electron chi connectivity index (χ4n) is 5.02. The number of hydrogen-bond acceptors (Lipinski definition) is 7. The van der Waals surface area contributed by atoms with E-state index in [4.69, 9.17) is 4.74 Å². The number of carbonyl (C=O) groups excluding carboxylic acids is 1. The van der Waals surface area contributed by atoms with Crippen molar-refractivity contribution in [2.75, 3.05) is 29.4 Å². The molecule has 0 atom stereocenters. The van der Waals surface area contributed by atoms with Crippen LogP contribution in [0.25, 0.3) is 0 Å². The van der Waals surface area contributed by atoms with Crippen LogP contribution in [0.3, 0.4) is 0 Å². The number of urea groups is 1. The molecule has 0 unspecified atom stereocenters.